The molecule has 0 saturated heterocycles. The molecule has 0 aromatic rings. The van der Waals surface area contributed by atoms with Gasteiger partial charge in [0.15, 0.2) is 0 Å². The van der Waals surface area contributed by atoms with Crippen LogP contribution in [0.4, 0.5) is 0 Å². The highest BCUT2D eigenvalue weighted by molar-refractivity contribution is 5.08. The standard InChI is InChI=1S/C13H23NO/c14-11-9-12(13(11)6-1-2-7-13)15-8-5-10-3-4-10/h10-12H,1-9,14H2. The van der Waals surface area contributed by atoms with Gasteiger partial charge >= 0.3 is 0 Å². The van der Waals surface area contributed by atoms with Crippen molar-refractivity contribution in [2.24, 2.45) is 17.1 Å². The Bertz CT molecular complexity index is 231. The first-order valence-electron chi connectivity index (χ1n) is 6.68. The van der Waals surface area contributed by atoms with Gasteiger partial charge < -0.3 is 10.5 Å². The number of nitrogens with two attached hydrogens (primary N) is 1. The second kappa shape index (κ2) is 3.74. The average molecular weight is 209 g/mol. The molecule has 2 unspecified atom stereocenters. The van der Waals surface area contributed by atoms with Gasteiger partial charge in [-0.25, -0.2) is 0 Å². The summed E-state index contributed by atoms with van der Waals surface area (Å²) in [6.45, 7) is 0.990. The lowest BCUT2D eigenvalue weighted by Crippen LogP contribution is -2.61. The molecule has 0 amide bonds. The molecule has 3 fully saturated rings. The van der Waals surface area contributed by atoms with Crippen molar-refractivity contribution in [1.29, 1.82) is 0 Å². The topological polar surface area (TPSA) is 35.2 Å². The summed E-state index contributed by atoms with van der Waals surface area (Å²) in [5.41, 5.74) is 6.58. The molecule has 15 heavy (non-hydrogen) atoms. The fourth-order valence-electron chi connectivity index (χ4n) is 3.52. The quantitative estimate of drug-likeness (QED) is 0.772. The van der Waals surface area contributed by atoms with E-state index in [1.54, 1.807) is 0 Å². The Balaban J connectivity index is 1.48. The zero-order valence-corrected chi connectivity index (χ0v) is 9.58. The Morgan fingerprint density at radius 1 is 1.20 bits per heavy atom. The predicted molar refractivity (Wildman–Crippen MR) is 60.6 cm³/mol. The van der Waals surface area contributed by atoms with E-state index in [1.807, 2.05) is 0 Å². The van der Waals surface area contributed by atoms with Gasteiger partial charge in [0.25, 0.3) is 0 Å². The lowest BCUT2D eigenvalue weighted by molar-refractivity contribution is -0.124. The molecular formula is C13H23NO. The summed E-state index contributed by atoms with van der Waals surface area (Å²) in [7, 11) is 0. The van der Waals surface area contributed by atoms with Gasteiger partial charge in [0.05, 0.1) is 6.10 Å². The molecule has 2 N–H and O–H groups in total. The molecule has 3 aliphatic rings. The zero-order chi connectivity index (χ0) is 10.3. The van der Waals surface area contributed by atoms with Crippen molar-refractivity contribution >= 4 is 0 Å². The minimum absolute atomic E-state index is 0.406. The van der Waals surface area contributed by atoms with Crippen molar-refractivity contribution in [1.82, 2.24) is 0 Å². The lowest BCUT2D eigenvalue weighted by Gasteiger charge is -2.52. The van der Waals surface area contributed by atoms with Crippen LogP contribution in [0.3, 0.4) is 0 Å². The van der Waals surface area contributed by atoms with Crippen molar-refractivity contribution in [3.8, 4) is 0 Å². The van der Waals surface area contributed by atoms with E-state index in [4.69, 9.17) is 10.5 Å². The van der Waals surface area contributed by atoms with Crippen LogP contribution in [0.25, 0.3) is 0 Å². The van der Waals surface area contributed by atoms with Crippen LogP contribution in [0.1, 0.15) is 51.4 Å². The highest BCUT2D eigenvalue weighted by Gasteiger charge is 2.55. The summed E-state index contributed by atoms with van der Waals surface area (Å²) in [4.78, 5) is 0. The Labute approximate surface area is 92.6 Å². The largest absolute Gasteiger partial charge is 0.378 e. The SMILES string of the molecule is NC1CC(OCCC2CC2)C12CCCC2. The third kappa shape index (κ3) is 1.72. The van der Waals surface area contributed by atoms with Gasteiger partial charge in [0.1, 0.15) is 0 Å². The Hall–Kier alpha value is -0.0800. The van der Waals surface area contributed by atoms with Crippen LogP contribution in [0, 0.1) is 11.3 Å². The molecule has 0 aliphatic heterocycles. The molecule has 0 bridgehead atoms. The molecule has 2 atom stereocenters. The Morgan fingerprint density at radius 2 is 1.93 bits per heavy atom. The lowest BCUT2D eigenvalue weighted by atomic mass is 9.61. The van der Waals surface area contributed by atoms with E-state index in [2.05, 4.69) is 0 Å². The fraction of sp³-hybridized carbons (Fsp3) is 1.00. The van der Waals surface area contributed by atoms with Gasteiger partial charge in [0, 0.05) is 18.1 Å². The van der Waals surface area contributed by atoms with Gasteiger partial charge in [-0.3, -0.25) is 0 Å². The molecule has 2 nitrogen and oxygen atoms in total. The molecule has 3 aliphatic carbocycles. The third-order valence-corrected chi connectivity index (χ3v) is 4.92. The maximum Gasteiger partial charge on any atom is 0.0661 e. The molecule has 0 aromatic carbocycles. The third-order valence-electron chi connectivity index (χ3n) is 4.92. The van der Waals surface area contributed by atoms with Crippen LogP contribution >= 0.6 is 0 Å². The van der Waals surface area contributed by atoms with E-state index in [-0.39, 0.29) is 0 Å². The summed E-state index contributed by atoms with van der Waals surface area (Å²) in [5, 5.41) is 0. The summed E-state index contributed by atoms with van der Waals surface area (Å²) in [6.07, 6.45) is 11.2. The Kier molecular flexibility index (Phi) is 2.52. The molecule has 0 heterocycles. The van der Waals surface area contributed by atoms with Crippen molar-refractivity contribution in [2.75, 3.05) is 6.61 Å². The first-order valence-corrected chi connectivity index (χ1v) is 6.68. The fourth-order valence-corrected chi connectivity index (χ4v) is 3.52. The van der Waals surface area contributed by atoms with Crippen LogP contribution < -0.4 is 5.73 Å². The summed E-state index contributed by atoms with van der Waals surface area (Å²) >= 11 is 0. The minimum atomic E-state index is 0.406. The van der Waals surface area contributed by atoms with E-state index in [9.17, 15) is 0 Å². The van der Waals surface area contributed by atoms with Gasteiger partial charge in [-0.05, 0) is 31.6 Å². The monoisotopic (exact) mass is 209 g/mol. The van der Waals surface area contributed by atoms with Crippen LogP contribution in [-0.4, -0.2) is 18.8 Å². The minimum Gasteiger partial charge on any atom is -0.378 e. The van der Waals surface area contributed by atoms with E-state index < -0.39 is 0 Å². The second-order valence-corrected chi connectivity index (χ2v) is 5.87. The number of hydrogen-bond acceptors (Lipinski definition) is 2. The first-order chi connectivity index (χ1) is 7.31. The molecule has 3 saturated carbocycles. The van der Waals surface area contributed by atoms with Crippen molar-refractivity contribution in [3.63, 3.8) is 0 Å². The predicted octanol–water partition coefficient (Wildman–Crippen LogP) is 2.46. The smallest absolute Gasteiger partial charge is 0.0661 e. The van der Waals surface area contributed by atoms with Crippen molar-refractivity contribution < 1.29 is 4.74 Å². The van der Waals surface area contributed by atoms with Gasteiger partial charge in [-0.1, -0.05) is 25.7 Å². The Morgan fingerprint density at radius 3 is 2.53 bits per heavy atom. The molecule has 1 spiro atoms. The average Bonchev–Trinajstić information content (AvgIpc) is 2.90. The summed E-state index contributed by atoms with van der Waals surface area (Å²) in [6, 6.07) is 0.436. The van der Waals surface area contributed by atoms with Crippen LogP contribution in [0.5, 0.6) is 0 Å². The first kappa shape index (κ1) is 10.1. The van der Waals surface area contributed by atoms with E-state index in [0.29, 0.717) is 17.6 Å². The highest BCUT2D eigenvalue weighted by Crippen LogP contribution is 2.53. The zero-order valence-electron chi connectivity index (χ0n) is 9.58. The summed E-state index contributed by atoms with van der Waals surface area (Å²) in [5.74, 6) is 0.998. The van der Waals surface area contributed by atoms with Gasteiger partial charge in [-0.2, -0.15) is 0 Å². The van der Waals surface area contributed by atoms with Crippen LogP contribution in [0.15, 0.2) is 0 Å². The number of ether oxygens (including phenoxy) is 1. The molecular weight excluding hydrogens is 186 g/mol. The highest BCUT2D eigenvalue weighted by atomic mass is 16.5. The normalized spacial score (nSPS) is 38.2. The molecule has 0 radical (unpaired) electrons. The maximum absolute atomic E-state index is 6.17. The van der Waals surface area contributed by atoms with Crippen molar-refractivity contribution in [3.05, 3.63) is 0 Å². The van der Waals surface area contributed by atoms with Crippen LogP contribution in [0.2, 0.25) is 0 Å². The van der Waals surface area contributed by atoms with E-state index in [1.165, 1.54) is 44.9 Å². The molecule has 3 rings (SSSR count). The maximum atomic E-state index is 6.17. The number of rotatable bonds is 4. The molecule has 2 heteroatoms. The van der Waals surface area contributed by atoms with Crippen molar-refractivity contribution in [2.45, 2.75) is 63.5 Å². The van der Waals surface area contributed by atoms with Gasteiger partial charge in [0.2, 0.25) is 0 Å². The molecule has 0 aromatic heterocycles. The van der Waals surface area contributed by atoms with E-state index >= 15 is 0 Å². The number of hydrogen-bond donors (Lipinski definition) is 1. The molecule has 86 valence electrons. The van der Waals surface area contributed by atoms with Gasteiger partial charge in [-0.15, -0.1) is 0 Å². The van der Waals surface area contributed by atoms with Crippen LogP contribution in [-0.2, 0) is 4.74 Å². The second-order valence-electron chi connectivity index (χ2n) is 5.87. The summed E-state index contributed by atoms with van der Waals surface area (Å²) < 4.78 is 6.06. The van der Waals surface area contributed by atoms with E-state index in [0.717, 1.165) is 18.9 Å².